The summed E-state index contributed by atoms with van der Waals surface area (Å²) in [7, 11) is 0. The number of aliphatic hydroxyl groups is 1. The summed E-state index contributed by atoms with van der Waals surface area (Å²) in [6, 6.07) is 0. The number of thiazole rings is 1. The van der Waals surface area contributed by atoms with Crippen LogP contribution in [-0.4, -0.2) is 37.0 Å². The number of rotatable bonds is 4. The number of amides is 1. The lowest BCUT2D eigenvalue weighted by molar-refractivity contribution is 0.100. The van der Waals surface area contributed by atoms with E-state index in [1.54, 1.807) is 15.4 Å². The minimum Gasteiger partial charge on any atom is -0.394 e. The van der Waals surface area contributed by atoms with Gasteiger partial charge in [-0.3, -0.25) is 9.48 Å². The Hall–Kier alpha value is -2.19. The van der Waals surface area contributed by atoms with E-state index >= 15 is 0 Å². The molecule has 0 aliphatic rings. The van der Waals surface area contributed by atoms with E-state index in [4.69, 9.17) is 5.73 Å². The summed E-state index contributed by atoms with van der Waals surface area (Å²) in [5, 5.41) is 17.8. The molecule has 0 bridgehead atoms. The maximum atomic E-state index is 11.3. The third kappa shape index (κ3) is 2.22. The summed E-state index contributed by atoms with van der Waals surface area (Å²) in [5.41, 5.74) is 6.17. The first kappa shape index (κ1) is 13.8. The number of hydrogen-bond acceptors (Lipinski definition) is 5. The van der Waals surface area contributed by atoms with E-state index in [2.05, 4.69) is 10.2 Å². The first-order valence-electron chi connectivity index (χ1n) is 6.36. The summed E-state index contributed by atoms with van der Waals surface area (Å²) < 4.78 is 3.36. The molecule has 8 heteroatoms. The lowest BCUT2D eigenvalue weighted by Gasteiger charge is -2.21. The van der Waals surface area contributed by atoms with Crippen LogP contribution < -0.4 is 5.73 Å². The van der Waals surface area contributed by atoms with Gasteiger partial charge in [-0.15, -0.1) is 11.3 Å². The molecule has 0 atom stereocenters. The average Bonchev–Trinajstić information content (AvgIpc) is 3.12. The number of aliphatic hydroxyl groups excluding tert-OH is 1. The number of fused-ring (bicyclic) bond motifs is 1. The van der Waals surface area contributed by atoms with E-state index in [1.165, 1.54) is 17.5 Å². The van der Waals surface area contributed by atoms with Crippen molar-refractivity contribution in [1.82, 2.24) is 19.4 Å². The highest BCUT2D eigenvalue weighted by molar-refractivity contribution is 7.21. The molecule has 3 N–H and O–H groups in total. The number of carbonyl (C=O) groups excluding carboxylic acids is 1. The summed E-state index contributed by atoms with van der Waals surface area (Å²) in [4.78, 5) is 13.0. The fourth-order valence-electron chi connectivity index (χ4n) is 1.94. The molecule has 3 aromatic heterocycles. The second-order valence-electron chi connectivity index (χ2n) is 5.41. The van der Waals surface area contributed by atoms with E-state index in [0.29, 0.717) is 10.4 Å². The molecule has 3 rings (SSSR count). The van der Waals surface area contributed by atoms with Crippen molar-refractivity contribution in [2.75, 3.05) is 6.61 Å². The zero-order valence-corrected chi connectivity index (χ0v) is 12.5. The second-order valence-corrected chi connectivity index (χ2v) is 6.44. The van der Waals surface area contributed by atoms with Crippen LogP contribution in [-0.2, 0) is 5.54 Å². The summed E-state index contributed by atoms with van der Waals surface area (Å²) >= 11 is 1.43. The Morgan fingerprint density at radius 2 is 2.14 bits per heavy atom. The molecule has 7 nitrogen and oxygen atoms in total. The molecular formula is C13H15N5O2S. The Morgan fingerprint density at radius 3 is 2.81 bits per heavy atom. The molecule has 110 valence electrons. The number of primary amides is 1. The molecule has 0 radical (unpaired) electrons. The van der Waals surface area contributed by atoms with Gasteiger partial charge in [0.05, 0.1) is 35.0 Å². The van der Waals surface area contributed by atoms with Crippen LogP contribution in [0.2, 0.25) is 0 Å². The van der Waals surface area contributed by atoms with Crippen LogP contribution >= 0.6 is 11.3 Å². The van der Waals surface area contributed by atoms with E-state index < -0.39 is 11.4 Å². The van der Waals surface area contributed by atoms with Crippen LogP contribution in [0.5, 0.6) is 0 Å². The van der Waals surface area contributed by atoms with Crippen LogP contribution in [0.15, 0.2) is 24.8 Å². The number of hydrogen-bond donors (Lipinski definition) is 2. The van der Waals surface area contributed by atoms with Gasteiger partial charge in [-0.05, 0) is 13.8 Å². The Bertz CT molecular complexity index is 814. The van der Waals surface area contributed by atoms with Crippen LogP contribution in [0.25, 0.3) is 15.3 Å². The third-order valence-corrected chi connectivity index (χ3v) is 4.50. The van der Waals surface area contributed by atoms with Crippen molar-refractivity contribution >= 4 is 22.1 Å². The Kier molecular flexibility index (Phi) is 3.07. The van der Waals surface area contributed by atoms with Gasteiger partial charge in [0.25, 0.3) is 5.91 Å². The Balaban J connectivity index is 2.03. The van der Waals surface area contributed by atoms with E-state index in [9.17, 15) is 9.90 Å². The van der Waals surface area contributed by atoms with Crippen molar-refractivity contribution < 1.29 is 9.90 Å². The van der Waals surface area contributed by atoms with Gasteiger partial charge in [-0.1, -0.05) is 0 Å². The largest absolute Gasteiger partial charge is 0.394 e. The van der Waals surface area contributed by atoms with Crippen LogP contribution in [0.4, 0.5) is 0 Å². The molecule has 0 unspecified atom stereocenters. The zero-order valence-electron chi connectivity index (χ0n) is 11.6. The maximum absolute atomic E-state index is 11.3. The molecule has 0 saturated heterocycles. The quantitative estimate of drug-likeness (QED) is 0.753. The van der Waals surface area contributed by atoms with Gasteiger partial charge < -0.3 is 10.8 Å². The third-order valence-electron chi connectivity index (χ3n) is 3.34. The molecule has 3 heterocycles. The summed E-state index contributed by atoms with van der Waals surface area (Å²) in [6.45, 7) is 3.79. The van der Waals surface area contributed by atoms with Crippen molar-refractivity contribution in [3.8, 4) is 10.4 Å². The van der Waals surface area contributed by atoms with Crippen LogP contribution in [0.1, 0.15) is 24.2 Å². The smallest absolute Gasteiger partial charge is 0.253 e. The fraction of sp³-hybridized carbons (Fsp3) is 0.308. The van der Waals surface area contributed by atoms with Gasteiger partial charge in [0.15, 0.2) is 0 Å². The second kappa shape index (κ2) is 4.68. The molecule has 21 heavy (non-hydrogen) atoms. The highest BCUT2D eigenvalue weighted by Crippen LogP contribution is 2.30. The number of nitrogens with zero attached hydrogens (tertiary/aromatic N) is 4. The highest BCUT2D eigenvalue weighted by Gasteiger charge is 2.21. The standard InChI is InChI=1S/C13H15N5O2S/c1-13(2,7-19)18-5-8(3-16-18)10-6-17-12(21-10)9(4-15-17)11(14)20/h3-6,19H,7H2,1-2H3,(H2,14,20). The zero-order chi connectivity index (χ0) is 15.2. The predicted molar refractivity (Wildman–Crippen MR) is 79.2 cm³/mol. The van der Waals surface area contributed by atoms with E-state index in [0.717, 1.165) is 10.4 Å². The lowest BCUT2D eigenvalue weighted by Crippen LogP contribution is -2.30. The van der Waals surface area contributed by atoms with Crippen LogP contribution in [0.3, 0.4) is 0 Å². The topological polar surface area (TPSA) is 98.4 Å². The number of carbonyl (C=O) groups is 1. The van der Waals surface area contributed by atoms with Gasteiger partial charge in [0, 0.05) is 18.0 Å². The van der Waals surface area contributed by atoms with Crippen molar-refractivity contribution in [1.29, 1.82) is 0 Å². The average molecular weight is 305 g/mol. The molecule has 3 aromatic rings. The first-order chi connectivity index (χ1) is 9.92. The minimum absolute atomic E-state index is 0.00624. The van der Waals surface area contributed by atoms with E-state index in [-0.39, 0.29) is 6.61 Å². The minimum atomic E-state index is -0.490. The molecule has 1 amide bonds. The van der Waals surface area contributed by atoms with Crippen molar-refractivity contribution in [2.24, 2.45) is 5.73 Å². The van der Waals surface area contributed by atoms with Crippen molar-refractivity contribution in [3.63, 3.8) is 0 Å². The molecule has 0 saturated carbocycles. The molecule has 0 fully saturated rings. The Labute approximate surface area is 124 Å². The van der Waals surface area contributed by atoms with Gasteiger partial charge in [0.2, 0.25) is 0 Å². The first-order valence-corrected chi connectivity index (χ1v) is 7.17. The Morgan fingerprint density at radius 1 is 1.38 bits per heavy atom. The van der Waals surface area contributed by atoms with Crippen molar-refractivity contribution in [3.05, 3.63) is 30.4 Å². The monoisotopic (exact) mass is 305 g/mol. The maximum Gasteiger partial charge on any atom is 0.253 e. The molecule has 0 aliphatic heterocycles. The molecule has 0 aliphatic carbocycles. The lowest BCUT2D eigenvalue weighted by atomic mass is 10.1. The highest BCUT2D eigenvalue weighted by atomic mass is 32.1. The molecule has 0 aromatic carbocycles. The summed E-state index contributed by atoms with van der Waals surface area (Å²) in [5.74, 6) is -0.490. The van der Waals surface area contributed by atoms with E-state index in [1.807, 2.05) is 26.2 Å². The predicted octanol–water partition coefficient (Wildman–Crippen LogP) is 1.09. The SMILES string of the molecule is CC(C)(CO)n1cc(-c2cn3ncc(C(N)=O)c3s2)cn1. The van der Waals surface area contributed by atoms with Crippen molar-refractivity contribution in [2.45, 2.75) is 19.4 Å². The van der Waals surface area contributed by atoms with Gasteiger partial charge in [-0.25, -0.2) is 4.52 Å². The summed E-state index contributed by atoms with van der Waals surface area (Å²) in [6.07, 6.45) is 6.90. The fourth-order valence-corrected chi connectivity index (χ4v) is 2.98. The van der Waals surface area contributed by atoms with Gasteiger partial charge in [-0.2, -0.15) is 10.2 Å². The molecule has 0 spiro atoms. The van der Waals surface area contributed by atoms with Crippen LogP contribution in [0, 0.1) is 0 Å². The van der Waals surface area contributed by atoms with Gasteiger partial charge >= 0.3 is 0 Å². The molecular weight excluding hydrogens is 290 g/mol. The number of aromatic nitrogens is 4. The number of nitrogens with two attached hydrogens (primary N) is 1. The normalized spacial score (nSPS) is 12.1. The van der Waals surface area contributed by atoms with Gasteiger partial charge in [0.1, 0.15) is 4.83 Å².